The lowest BCUT2D eigenvalue weighted by atomic mass is 9.92. The Balaban J connectivity index is 1.52. The van der Waals surface area contributed by atoms with E-state index in [9.17, 15) is 10.4 Å². The second kappa shape index (κ2) is 8.30. The number of ether oxygens (including phenoxy) is 1. The first kappa shape index (κ1) is 18.9. The van der Waals surface area contributed by atoms with Crippen molar-refractivity contribution in [1.82, 2.24) is 0 Å². The summed E-state index contributed by atoms with van der Waals surface area (Å²) in [6.07, 6.45) is 4.28. The summed E-state index contributed by atoms with van der Waals surface area (Å²) in [5.74, 6) is -0.128. The molecule has 0 aliphatic heterocycles. The van der Waals surface area contributed by atoms with Gasteiger partial charge in [-0.2, -0.15) is 5.26 Å². The van der Waals surface area contributed by atoms with Crippen LogP contribution in [0.3, 0.4) is 0 Å². The average molecular weight is 382 g/mol. The van der Waals surface area contributed by atoms with E-state index >= 15 is 0 Å². The monoisotopic (exact) mass is 382 g/mol. The number of aliphatic hydroxyl groups excluding tert-OH is 1. The third-order valence-corrected chi connectivity index (χ3v) is 5.30. The highest BCUT2D eigenvalue weighted by Crippen LogP contribution is 2.45. The molecule has 0 aromatic heterocycles. The largest absolute Gasteiger partial charge is 0.493 e. The maximum Gasteiger partial charge on any atom is 0.121 e. The Kier molecular flexibility index (Phi) is 5.41. The molecule has 4 rings (SSSR count). The quantitative estimate of drug-likeness (QED) is 0.725. The second-order valence-corrected chi connectivity index (χ2v) is 7.20. The van der Waals surface area contributed by atoms with E-state index in [-0.39, 0.29) is 5.71 Å². The lowest BCUT2D eigenvalue weighted by molar-refractivity contribution is 0.195. The molecule has 0 spiro atoms. The van der Waals surface area contributed by atoms with Gasteiger partial charge in [-0.3, -0.25) is 0 Å². The van der Waals surface area contributed by atoms with Crippen LogP contribution in [0.4, 0.5) is 0 Å². The highest BCUT2D eigenvalue weighted by Gasteiger charge is 2.41. The number of aryl methyl sites for hydroxylation is 1. The molecular weight excluding hydrogens is 360 g/mol. The maximum absolute atomic E-state index is 10.8. The molecule has 2 aliphatic rings. The lowest BCUT2D eigenvalue weighted by Gasteiger charge is -2.17. The van der Waals surface area contributed by atoms with Crippen molar-refractivity contribution in [3.8, 4) is 6.07 Å². The maximum atomic E-state index is 10.8. The molecule has 2 aromatic carbocycles. The number of benzene rings is 2. The van der Waals surface area contributed by atoms with E-state index in [0.717, 1.165) is 24.0 Å². The molecule has 0 amide bonds. The van der Waals surface area contributed by atoms with Crippen LogP contribution in [-0.2, 0) is 11.2 Å². The summed E-state index contributed by atoms with van der Waals surface area (Å²) in [4.78, 5) is 0. The van der Waals surface area contributed by atoms with E-state index in [1.807, 2.05) is 48.5 Å². The molecule has 0 saturated heterocycles. The van der Waals surface area contributed by atoms with Crippen molar-refractivity contribution in [2.75, 3.05) is 6.61 Å². The average Bonchev–Trinajstić information content (AvgIpc) is 3.05. The SMILES string of the molecule is N#CC1C(c2ccccc2)=C2C(=N)C=C(OCCCc3ccccc3)C=C2C1O. The van der Waals surface area contributed by atoms with Crippen LogP contribution >= 0.6 is 0 Å². The van der Waals surface area contributed by atoms with E-state index in [4.69, 9.17) is 10.1 Å². The van der Waals surface area contributed by atoms with Crippen molar-refractivity contribution in [3.63, 3.8) is 0 Å². The van der Waals surface area contributed by atoms with E-state index < -0.39 is 12.0 Å². The number of rotatable bonds is 6. The fourth-order valence-electron chi connectivity index (χ4n) is 3.93. The van der Waals surface area contributed by atoms with Gasteiger partial charge < -0.3 is 15.3 Å². The first-order valence-electron chi connectivity index (χ1n) is 9.75. The van der Waals surface area contributed by atoms with E-state index in [2.05, 4.69) is 18.2 Å². The number of nitriles is 1. The molecule has 4 nitrogen and oxygen atoms in total. The zero-order valence-electron chi connectivity index (χ0n) is 16.0. The van der Waals surface area contributed by atoms with Crippen LogP contribution < -0.4 is 0 Å². The molecule has 4 heteroatoms. The molecule has 0 heterocycles. The van der Waals surface area contributed by atoms with Crippen LogP contribution in [-0.4, -0.2) is 23.5 Å². The Morgan fingerprint density at radius 1 is 1.00 bits per heavy atom. The number of allylic oxidation sites excluding steroid dienone is 2. The number of nitrogens with one attached hydrogen (secondary N) is 1. The van der Waals surface area contributed by atoms with Crippen molar-refractivity contribution in [1.29, 1.82) is 10.7 Å². The van der Waals surface area contributed by atoms with Crippen LogP contribution in [0.2, 0.25) is 0 Å². The molecule has 2 aliphatic carbocycles. The molecular formula is C25H22N2O2. The lowest BCUT2D eigenvalue weighted by Crippen LogP contribution is -2.18. The Labute approximate surface area is 170 Å². The number of nitrogens with zero attached hydrogens (tertiary/aromatic N) is 1. The van der Waals surface area contributed by atoms with Gasteiger partial charge in [0.2, 0.25) is 0 Å². The summed E-state index contributed by atoms with van der Waals surface area (Å²) < 4.78 is 5.87. The molecule has 0 bridgehead atoms. The van der Waals surface area contributed by atoms with Crippen LogP contribution in [0.25, 0.3) is 5.57 Å². The van der Waals surface area contributed by atoms with Gasteiger partial charge in [-0.25, -0.2) is 0 Å². The van der Waals surface area contributed by atoms with Crippen molar-refractivity contribution >= 4 is 11.3 Å². The Morgan fingerprint density at radius 3 is 2.38 bits per heavy atom. The van der Waals surface area contributed by atoms with Gasteiger partial charge >= 0.3 is 0 Å². The van der Waals surface area contributed by atoms with Crippen molar-refractivity contribution in [2.24, 2.45) is 5.92 Å². The number of aliphatic hydroxyl groups is 1. The topological polar surface area (TPSA) is 77.1 Å². The summed E-state index contributed by atoms with van der Waals surface area (Å²) in [5.41, 5.74) is 4.36. The molecule has 0 radical (unpaired) electrons. The van der Waals surface area contributed by atoms with E-state index in [1.54, 1.807) is 12.2 Å². The Bertz CT molecular complexity index is 1040. The van der Waals surface area contributed by atoms with Gasteiger partial charge in [0.25, 0.3) is 0 Å². The molecule has 2 atom stereocenters. The third-order valence-electron chi connectivity index (χ3n) is 5.30. The predicted octanol–water partition coefficient (Wildman–Crippen LogP) is 4.45. The fraction of sp³-hybridized carbons (Fsp3) is 0.200. The van der Waals surface area contributed by atoms with Crippen LogP contribution in [0.15, 0.2) is 89.7 Å². The molecule has 0 fully saturated rings. The Morgan fingerprint density at radius 2 is 1.69 bits per heavy atom. The smallest absolute Gasteiger partial charge is 0.121 e. The first-order valence-corrected chi connectivity index (χ1v) is 9.75. The van der Waals surface area contributed by atoms with Gasteiger partial charge in [0.1, 0.15) is 11.7 Å². The molecule has 2 unspecified atom stereocenters. The van der Waals surface area contributed by atoms with E-state index in [0.29, 0.717) is 23.5 Å². The molecule has 0 saturated carbocycles. The van der Waals surface area contributed by atoms with Gasteiger partial charge in [0.05, 0.1) is 24.5 Å². The van der Waals surface area contributed by atoms with Crippen molar-refractivity contribution in [3.05, 3.63) is 101 Å². The molecule has 144 valence electrons. The molecule has 2 N–H and O–H groups in total. The summed E-state index contributed by atoms with van der Waals surface area (Å²) in [5, 5.41) is 28.9. The molecule has 29 heavy (non-hydrogen) atoms. The Hall–Kier alpha value is -3.42. The minimum Gasteiger partial charge on any atom is -0.493 e. The third kappa shape index (κ3) is 3.78. The number of fused-ring (bicyclic) bond motifs is 1. The van der Waals surface area contributed by atoms with Gasteiger partial charge in [-0.05, 0) is 41.2 Å². The minimum atomic E-state index is -0.956. The summed E-state index contributed by atoms with van der Waals surface area (Å²) in [6.45, 7) is 0.528. The molecule has 2 aromatic rings. The van der Waals surface area contributed by atoms with Crippen molar-refractivity contribution < 1.29 is 9.84 Å². The zero-order chi connectivity index (χ0) is 20.2. The summed E-state index contributed by atoms with van der Waals surface area (Å²) in [7, 11) is 0. The minimum absolute atomic E-state index is 0.274. The summed E-state index contributed by atoms with van der Waals surface area (Å²) in [6, 6.07) is 22.0. The van der Waals surface area contributed by atoms with Crippen molar-refractivity contribution in [2.45, 2.75) is 18.9 Å². The zero-order valence-corrected chi connectivity index (χ0v) is 16.0. The van der Waals surface area contributed by atoms with Gasteiger partial charge in [0.15, 0.2) is 0 Å². The number of hydrogen-bond donors (Lipinski definition) is 2. The predicted molar refractivity (Wildman–Crippen MR) is 113 cm³/mol. The highest BCUT2D eigenvalue weighted by atomic mass is 16.5. The first-order chi connectivity index (χ1) is 14.2. The van der Waals surface area contributed by atoms with Gasteiger partial charge in [0, 0.05) is 11.6 Å². The van der Waals surface area contributed by atoms with Crippen LogP contribution in [0.1, 0.15) is 17.5 Å². The van der Waals surface area contributed by atoms with E-state index in [1.165, 1.54) is 5.56 Å². The van der Waals surface area contributed by atoms with Crippen LogP contribution in [0, 0.1) is 22.7 Å². The van der Waals surface area contributed by atoms with Gasteiger partial charge in [-0.1, -0.05) is 60.7 Å². The number of hydrogen-bond acceptors (Lipinski definition) is 4. The highest BCUT2D eigenvalue weighted by molar-refractivity contribution is 6.18. The standard InChI is InChI=1S/C25H22N2O2/c26-16-21-23(18-11-5-2-6-12-18)24-20(25(21)28)14-19(15-22(24)27)29-13-7-10-17-8-3-1-4-9-17/h1-6,8-9,11-12,14-15,21,25,27-28H,7,10,13H2. The fourth-order valence-corrected chi connectivity index (χ4v) is 3.93. The van der Waals surface area contributed by atoms with Gasteiger partial charge in [-0.15, -0.1) is 0 Å². The normalized spacial score (nSPS) is 20.6. The second-order valence-electron chi connectivity index (χ2n) is 7.20. The summed E-state index contributed by atoms with van der Waals surface area (Å²) >= 11 is 0. The van der Waals surface area contributed by atoms with Crippen LogP contribution in [0.5, 0.6) is 0 Å².